The number of carbonyl (C=O) groups excluding carboxylic acids is 1. The molecule has 0 saturated carbocycles. The second-order valence-electron chi connectivity index (χ2n) is 8.17. The third kappa shape index (κ3) is 5.01. The third-order valence-corrected chi connectivity index (χ3v) is 6.25. The number of rotatable bonds is 7. The van der Waals surface area contributed by atoms with Crippen molar-refractivity contribution < 1.29 is 18.7 Å². The van der Waals surface area contributed by atoms with E-state index >= 15 is 0 Å². The summed E-state index contributed by atoms with van der Waals surface area (Å²) in [5.41, 5.74) is 2.10. The normalized spacial score (nSPS) is 14.5. The van der Waals surface area contributed by atoms with Crippen molar-refractivity contribution in [3.63, 3.8) is 0 Å². The molecule has 1 fully saturated rings. The lowest BCUT2D eigenvalue weighted by Crippen LogP contribution is -2.49. The van der Waals surface area contributed by atoms with Crippen LogP contribution in [0.2, 0.25) is 0 Å². The molecule has 0 N–H and O–H groups in total. The lowest BCUT2D eigenvalue weighted by atomic mass is 10.0. The molecule has 1 aromatic carbocycles. The monoisotopic (exact) mass is 451 g/mol. The number of hydrogen-bond acceptors (Lipinski definition) is 7. The number of piperazine rings is 1. The van der Waals surface area contributed by atoms with Gasteiger partial charge in [-0.25, -0.2) is 4.79 Å². The lowest BCUT2D eigenvalue weighted by molar-refractivity contribution is -0.132. The molecule has 1 saturated heterocycles. The van der Waals surface area contributed by atoms with E-state index in [-0.39, 0.29) is 12.3 Å². The van der Waals surface area contributed by atoms with Gasteiger partial charge in [0.1, 0.15) is 5.58 Å². The van der Waals surface area contributed by atoms with Gasteiger partial charge in [-0.3, -0.25) is 14.7 Å². The van der Waals surface area contributed by atoms with E-state index in [0.29, 0.717) is 35.7 Å². The first kappa shape index (κ1) is 22.8. The van der Waals surface area contributed by atoms with Crippen LogP contribution in [0.1, 0.15) is 16.8 Å². The molecule has 8 nitrogen and oxygen atoms in total. The molecule has 2 aromatic heterocycles. The topological polar surface area (TPSA) is 85.1 Å². The maximum Gasteiger partial charge on any atom is 0.340 e. The van der Waals surface area contributed by atoms with Crippen LogP contribution in [0.5, 0.6) is 11.5 Å². The van der Waals surface area contributed by atoms with Crippen LogP contribution < -0.4 is 15.1 Å². The summed E-state index contributed by atoms with van der Waals surface area (Å²) >= 11 is 0. The molecule has 33 heavy (non-hydrogen) atoms. The Balaban J connectivity index is 1.42. The highest BCUT2D eigenvalue weighted by atomic mass is 16.5. The number of ether oxygens (including phenoxy) is 2. The molecule has 0 spiro atoms. The van der Waals surface area contributed by atoms with Crippen molar-refractivity contribution in [2.45, 2.75) is 19.8 Å². The zero-order valence-corrected chi connectivity index (χ0v) is 19.3. The van der Waals surface area contributed by atoms with Crippen molar-refractivity contribution in [2.75, 3.05) is 46.9 Å². The number of methoxy groups -OCH3 is 2. The number of aryl methyl sites for hydroxylation is 1. The molecule has 0 radical (unpaired) electrons. The first-order valence-electron chi connectivity index (χ1n) is 11.1. The first-order chi connectivity index (χ1) is 16.0. The Hall–Kier alpha value is -3.39. The molecular formula is C25H29N3O5. The fourth-order valence-electron chi connectivity index (χ4n) is 4.22. The summed E-state index contributed by atoms with van der Waals surface area (Å²) in [5, 5.41) is 0.731. The van der Waals surface area contributed by atoms with Gasteiger partial charge in [-0.15, -0.1) is 0 Å². The van der Waals surface area contributed by atoms with Crippen LogP contribution in [-0.4, -0.2) is 67.6 Å². The number of hydrogen-bond donors (Lipinski definition) is 0. The Bertz CT molecular complexity index is 1180. The zero-order chi connectivity index (χ0) is 23.4. The Morgan fingerprint density at radius 3 is 2.48 bits per heavy atom. The van der Waals surface area contributed by atoms with E-state index in [1.54, 1.807) is 19.2 Å². The second kappa shape index (κ2) is 10.0. The van der Waals surface area contributed by atoms with E-state index in [1.807, 2.05) is 36.2 Å². The highest BCUT2D eigenvalue weighted by Gasteiger charge is 2.24. The summed E-state index contributed by atoms with van der Waals surface area (Å²) < 4.78 is 16.2. The van der Waals surface area contributed by atoms with Gasteiger partial charge in [0, 0.05) is 62.5 Å². The summed E-state index contributed by atoms with van der Waals surface area (Å²) in [6.45, 7) is 5.65. The van der Waals surface area contributed by atoms with E-state index in [2.05, 4.69) is 9.88 Å². The van der Waals surface area contributed by atoms with E-state index < -0.39 is 5.63 Å². The van der Waals surface area contributed by atoms with Gasteiger partial charge in [0.25, 0.3) is 0 Å². The molecule has 0 unspecified atom stereocenters. The van der Waals surface area contributed by atoms with Crippen LogP contribution in [0.4, 0.5) is 0 Å². The van der Waals surface area contributed by atoms with E-state index in [1.165, 1.54) is 7.11 Å². The van der Waals surface area contributed by atoms with Gasteiger partial charge < -0.3 is 18.8 Å². The third-order valence-electron chi connectivity index (χ3n) is 6.25. The van der Waals surface area contributed by atoms with Crippen LogP contribution in [0.25, 0.3) is 11.0 Å². The molecule has 3 aromatic rings. The Labute approximate surface area is 192 Å². The van der Waals surface area contributed by atoms with Gasteiger partial charge in [0.15, 0.2) is 11.5 Å². The summed E-state index contributed by atoms with van der Waals surface area (Å²) in [6.07, 6.45) is 2.72. The van der Waals surface area contributed by atoms with Gasteiger partial charge in [-0.1, -0.05) is 6.07 Å². The van der Waals surface area contributed by atoms with Crippen molar-refractivity contribution in [2.24, 2.45) is 0 Å². The number of aromatic nitrogens is 1. The summed E-state index contributed by atoms with van der Waals surface area (Å²) in [6, 6.07) is 9.36. The predicted octanol–water partition coefficient (Wildman–Crippen LogP) is 2.44. The highest BCUT2D eigenvalue weighted by molar-refractivity contribution is 5.87. The standard InChI is InChI=1S/C25H29N3O5/c1-17-19-14-22(31-2)23(32-3)16-21(19)33-25(30)20(17)15-24(29)28-12-10-27(11-13-28)9-7-18-6-4-5-8-26-18/h4-6,8,14,16H,7,9-13,15H2,1-3H3. The maximum atomic E-state index is 13.0. The molecule has 0 atom stereocenters. The molecular weight excluding hydrogens is 422 g/mol. The van der Waals surface area contributed by atoms with E-state index in [9.17, 15) is 9.59 Å². The van der Waals surface area contributed by atoms with E-state index in [4.69, 9.17) is 13.9 Å². The van der Waals surface area contributed by atoms with Crippen LogP contribution in [0.3, 0.4) is 0 Å². The SMILES string of the molecule is COc1cc2oc(=O)c(CC(=O)N3CCN(CCc4ccccn4)CC3)c(C)c2cc1OC. The minimum atomic E-state index is -0.491. The van der Waals surface area contributed by atoms with Crippen molar-refractivity contribution in [3.8, 4) is 11.5 Å². The van der Waals surface area contributed by atoms with E-state index in [0.717, 1.165) is 42.7 Å². The van der Waals surface area contributed by atoms with Crippen molar-refractivity contribution in [3.05, 3.63) is 63.8 Å². The lowest BCUT2D eigenvalue weighted by Gasteiger charge is -2.34. The number of fused-ring (bicyclic) bond motifs is 1. The molecule has 0 bridgehead atoms. The number of nitrogens with zero attached hydrogens (tertiary/aromatic N) is 3. The quantitative estimate of drug-likeness (QED) is 0.510. The van der Waals surface area contributed by atoms with Gasteiger partial charge in [-0.05, 0) is 30.7 Å². The largest absolute Gasteiger partial charge is 0.493 e. The zero-order valence-electron chi connectivity index (χ0n) is 19.3. The first-order valence-corrected chi connectivity index (χ1v) is 11.1. The maximum absolute atomic E-state index is 13.0. The predicted molar refractivity (Wildman–Crippen MR) is 125 cm³/mol. The summed E-state index contributed by atoms with van der Waals surface area (Å²) in [7, 11) is 3.08. The summed E-state index contributed by atoms with van der Waals surface area (Å²) in [4.78, 5) is 34.2. The molecule has 4 rings (SSSR count). The molecule has 1 amide bonds. The van der Waals surface area contributed by atoms with Gasteiger partial charge in [-0.2, -0.15) is 0 Å². The fraction of sp³-hybridized carbons (Fsp3) is 0.400. The Kier molecular flexibility index (Phi) is 6.93. The smallest absolute Gasteiger partial charge is 0.340 e. The number of pyridine rings is 1. The van der Waals surface area contributed by atoms with Crippen LogP contribution in [-0.2, 0) is 17.6 Å². The molecule has 1 aliphatic rings. The van der Waals surface area contributed by atoms with Crippen molar-refractivity contribution >= 4 is 16.9 Å². The average molecular weight is 452 g/mol. The summed E-state index contributed by atoms with van der Waals surface area (Å²) in [5.74, 6) is 0.966. The Morgan fingerprint density at radius 1 is 1.09 bits per heavy atom. The molecule has 8 heteroatoms. The number of benzene rings is 1. The Morgan fingerprint density at radius 2 is 1.82 bits per heavy atom. The second-order valence-corrected chi connectivity index (χ2v) is 8.17. The number of carbonyl (C=O) groups is 1. The van der Waals surface area contributed by atoms with Crippen LogP contribution in [0, 0.1) is 6.92 Å². The minimum Gasteiger partial charge on any atom is -0.493 e. The van der Waals surface area contributed by atoms with Crippen LogP contribution >= 0.6 is 0 Å². The number of amides is 1. The molecule has 3 heterocycles. The molecule has 174 valence electrons. The van der Waals surface area contributed by atoms with Crippen molar-refractivity contribution in [1.29, 1.82) is 0 Å². The van der Waals surface area contributed by atoms with Gasteiger partial charge in [0.2, 0.25) is 5.91 Å². The highest BCUT2D eigenvalue weighted by Crippen LogP contribution is 2.33. The van der Waals surface area contributed by atoms with Gasteiger partial charge >= 0.3 is 5.63 Å². The minimum absolute atomic E-state index is 0.0202. The van der Waals surface area contributed by atoms with Crippen molar-refractivity contribution in [1.82, 2.24) is 14.8 Å². The van der Waals surface area contributed by atoms with Crippen LogP contribution in [0.15, 0.2) is 45.7 Å². The fourth-order valence-corrected chi connectivity index (χ4v) is 4.22. The average Bonchev–Trinajstić information content (AvgIpc) is 2.85. The molecule has 0 aliphatic carbocycles. The molecule has 1 aliphatic heterocycles. The van der Waals surface area contributed by atoms with Gasteiger partial charge in [0.05, 0.1) is 26.2 Å².